The van der Waals surface area contributed by atoms with Gasteiger partial charge in [-0.3, -0.25) is 4.79 Å². The summed E-state index contributed by atoms with van der Waals surface area (Å²) in [5, 5.41) is 8.96. The Balaban J connectivity index is 2.16. The van der Waals surface area contributed by atoms with Gasteiger partial charge < -0.3 is 10.6 Å². The van der Waals surface area contributed by atoms with E-state index in [1.807, 2.05) is 51.4 Å². The standard InChI is InChI=1S/C15H19N3OS/c1-9-5-6-12(13(7-9)16-4)14(19)18-11(3)15-17-10(2)8-20-15/h5-8,11,16H,1-4H3,(H,18,19). The second kappa shape index (κ2) is 6.05. The third-order valence-corrected chi connectivity index (χ3v) is 4.19. The number of thiazole rings is 1. The average Bonchev–Trinajstić information content (AvgIpc) is 2.85. The zero-order chi connectivity index (χ0) is 14.7. The number of carbonyl (C=O) groups is 1. The van der Waals surface area contributed by atoms with Gasteiger partial charge in [0.05, 0.1) is 11.6 Å². The van der Waals surface area contributed by atoms with Crippen LogP contribution in [0.5, 0.6) is 0 Å². The minimum Gasteiger partial charge on any atom is -0.387 e. The largest absolute Gasteiger partial charge is 0.387 e. The molecular weight excluding hydrogens is 270 g/mol. The van der Waals surface area contributed by atoms with Gasteiger partial charge in [0.25, 0.3) is 5.91 Å². The van der Waals surface area contributed by atoms with Crippen molar-refractivity contribution in [2.24, 2.45) is 0 Å². The van der Waals surface area contributed by atoms with Crippen molar-refractivity contribution in [3.63, 3.8) is 0 Å². The zero-order valence-electron chi connectivity index (χ0n) is 12.2. The van der Waals surface area contributed by atoms with Crippen LogP contribution in [0.1, 0.15) is 39.6 Å². The molecule has 1 unspecified atom stereocenters. The molecule has 2 N–H and O–H groups in total. The molecule has 1 aromatic carbocycles. The molecule has 0 saturated heterocycles. The van der Waals surface area contributed by atoms with Crippen LogP contribution in [-0.2, 0) is 0 Å². The molecule has 20 heavy (non-hydrogen) atoms. The lowest BCUT2D eigenvalue weighted by Crippen LogP contribution is -2.27. The van der Waals surface area contributed by atoms with E-state index >= 15 is 0 Å². The first-order valence-electron chi connectivity index (χ1n) is 6.52. The van der Waals surface area contributed by atoms with Gasteiger partial charge in [0.2, 0.25) is 0 Å². The summed E-state index contributed by atoms with van der Waals surface area (Å²) in [6, 6.07) is 5.66. The summed E-state index contributed by atoms with van der Waals surface area (Å²) < 4.78 is 0. The number of aryl methyl sites for hydroxylation is 2. The Bertz CT molecular complexity index is 621. The fraction of sp³-hybridized carbons (Fsp3) is 0.333. The Morgan fingerprint density at radius 2 is 2.10 bits per heavy atom. The van der Waals surface area contributed by atoms with Crippen LogP contribution in [0.2, 0.25) is 0 Å². The van der Waals surface area contributed by atoms with E-state index in [2.05, 4.69) is 15.6 Å². The molecule has 0 aliphatic carbocycles. The van der Waals surface area contributed by atoms with E-state index in [0.29, 0.717) is 5.56 Å². The Hall–Kier alpha value is -1.88. The maximum absolute atomic E-state index is 12.4. The summed E-state index contributed by atoms with van der Waals surface area (Å²) in [6.07, 6.45) is 0. The van der Waals surface area contributed by atoms with Gasteiger partial charge in [0.15, 0.2) is 0 Å². The first-order chi connectivity index (χ1) is 9.51. The summed E-state index contributed by atoms with van der Waals surface area (Å²) in [5.74, 6) is -0.0882. The van der Waals surface area contributed by atoms with Crippen LogP contribution in [0.15, 0.2) is 23.6 Å². The smallest absolute Gasteiger partial charge is 0.253 e. The molecule has 1 amide bonds. The number of aromatic nitrogens is 1. The van der Waals surface area contributed by atoms with E-state index in [4.69, 9.17) is 0 Å². The molecule has 0 bridgehead atoms. The average molecular weight is 289 g/mol. The Kier molecular flexibility index (Phi) is 4.39. The summed E-state index contributed by atoms with van der Waals surface area (Å²) in [4.78, 5) is 16.8. The SMILES string of the molecule is CNc1cc(C)ccc1C(=O)NC(C)c1nc(C)cs1. The number of carbonyl (C=O) groups excluding carboxylic acids is 1. The predicted octanol–water partition coefficient (Wildman–Crippen LogP) is 3.29. The monoisotopic (exact) mass is 289 g/mol. The van der Waals surface area contributed by atoms with Crippen LogP contribution in [0.3, 0.4) is 0 Å². The molecule has 4 nitrogen and oxygen atoms in total. The highest BCUT2D eigenvalue weighted by Crippen LogP contribution is 2.21. The van der Waals surface area contributed by atoms with Gasteiger partial charge in [0, 0.05) is 23.8 Å². The highest BCUT2D eigenvalue weighted by atomic mass is 32.1. The van der Waals surface area contributed by atoms with E-state index in [1.165, 1.54) is 0 Å². The quantitative estimate of drug-likeness (QED) is 0.908. The van der Waals surface area contributed by atoms with Gasteiger partial charge in [-0.15, -0.1) is 11.3 Å². The third-order valence-electron chi connectivity index (χ3n) is 3.04. The number of benzene rings is 1. The van der Waals surface area contributed by atoms with Crippen molar-refractivity contribution in [1.29, 1.82) is 0 Å². The number of rotatable bonds is 4. The molecule has 2 aromatic rings. The molecular formula is C15H19N3OS. The lowest BCUT2D eigenvalue weighted by molar-refractivity contribution is 0.0940. The number of anilines is 1. The van der Waals surface area contributed by atoms with Crippen LogP contribution in [0.25, 0.3) is 0 Å². The number of amides is 1. The Morgan fingerprint density at radius 3 is 2.70 bits per heavy atom. The fourth-order valence-corrected chi connectivity index (χ4v) is 2.77. The number of hydrogen-bond acceptors (Lipinski definition) is 4. The summed E-state index contributed by atoms with van der Waals surface area (Å²) in [6.45, 7) is 5.90. The van der Waals surface area contributed by atoms with Crippen molar-refractivity contribution in [1.82, 2.24) is 10.3 Å². The number of nitrogens with one attached hydrogen (secondary N) is 2. The van der Waals surface area contributed by atoms with Gasteiger partial charge in [-0.2, -0.15) is 0 Å². The van der Waals surface area contributed by atoms with E-state index in [9.17, 15) is 4.79 Å². The summed E-state index contributed by atoms with van der Waals surface area (Å²) >= 11 is 1.57. The maximum atomic E-state index is 12.4. The van der Waals surface area contributed by atoms with Gasteiger partial charge in [-0.25, -0.2) is 4.98 Å². The molecule has 5 heteroatoms. The van der Waals surface area contributed by atoms with Gasteiger partial charge >= 0.3 is 0 Å². The van der Waals surface area contributed by atoms with E-state index in [1.54, 1.807) is 11.3 Å². The van der Waals surface area contributed by atoms with Crippen LogP contribution >= 0.6 is 11.3 Å². The van der Waals surface area contributed by atoms with Crippen molar-refractivity contribution in [3.8, 4) is 0 Å². The third kappa shape index (κ3) is 3.17. The van der Waals surface area contributed by atoms with Crippen molar-refractivity contribution >= 4 is 22.9 Å². The van der Waals surface area contributed by atoms with Crippen molar-refractivity contribution in [2.45, 2.75) is 26.8 Å². The molecule has 106 valence electrons. The molecule has 0 fully saturated rings. The normalized spacial score (nSPS) is 12.0. The first kappa shape index (κ1) is 14.5. The predicted molar refractivity (Wildman–Crippen MR) is 83.5 cm³/mol. The van der Waals surface area contributed by atoms with Gasteiger partial charge in [-0.1, -0.05) is 6.07 Å². The number of nitrogens with zero attached hydrogens (tertiary/aromatic N) is 1. The molecule has 0 spiro atoms. The zero-order valence-corrected chi connectivity index (χ0v) is 13.0. The van der Waals surface area contributed by atoms with Crippen LogP contribution < -0.4 is 10.6 Å². The summed E-state index contributed by atoms with van der Waals surface area (Å²) in [5.41, 5.74) is 3.59. The molecule has 0 aliphatic heterocycles. The molecule has 0 saturated carbocycles. The molecule has 0 radical (unpaired) electrons. The second-order valence-corrected chi connectivity index (χ2v) is 5.71. The highest BCUT2D eigenvalue weighted by molar-refractivity contribution is 7.09. The molecule has 1 aromatic heterocycles. The fourth-order valence-electron chi connectivity index (χ4n) is 1.97. The lowest BCUT2D eigenvalue weighted by atomic mass is 10.1. The number of hydrogen-bond donors (Lipinski definition) is 2. The topological polar surface area (TPSA) is 54.0 Å². The first-order valence-corrected chi connectivity index (χ1v) is 7.40. The molecule has 1 heterocycles. The van der Waals surface area contributed by atoms with Crippen molar-refractivity contribution < 1.29 is 4.79 Å². The van der Waals surface area contributed by atoms with E-state index in [-0.39, 0.29) is 11.9 Å². The minimum atomic E-state index is -0.0905. The Labute approximate surface area is 123 Å². The van der Waals surface area contributed by atoms with Crippen molar-refractivity contribution in [3.05, 3.63) is 45.4 Å². The van der Waals surface area contributed by atoms with Crippen LogP contribution in [-0.4, -0.2) is 17.9 Å². The van der Waals surface area contributed by atoms with Gasteiger partial charge in [-0.05, 0) is 38.5 Å². The van der Waals surface area contributed by atoms with Crippen LogP contribution in [0, 0.1) is 13.8 Å². The second-order valence-electron chi connectivity index (χ2n) is 4.82. The Morgan fingerprint density at radius 1 is 1.35 bits per heavy atom. The van der Waals surface area contributed by atoms with Gasteiger partial charge in [0.1, 0.15) is 5.01 Å². The molecule has 1 atom stereocenters. The maximum Gasteiger partial charge on any atom is 0.253 e. The molecule has 2 rings (SSSR count). The van der Waals surface area contributed by atoms with E-state index in [0.717, 1.165) is 22.0 Å². The van der Waals surface area contributed by atoms with E-state index < -0.39 is 0 Å². The van der Waals surface area contributed by atoms with Crippen LogP contribution in [0.4, 0.5) is 5.69 Å². The highest BCUT2D eigenvalue weighted by Gasteiger charge is 2.16. The minimum absolute atomic E-state index is 0.0882. The summed E-state index contributed by atoms with van der Waals surface area (Å²) in [7, 11) is 1.82. The lowest BCUT2D eigenvalue weighted by Gasteiger charge is -2.14. The van der Waals surface area contributed by atoms with Crippen molar-refractivity contribution in [2.75, 3.05) is 12.4 Å². The molecule has 0 aliphatic rings.